The van der Waals surface area contributed by atoms with Gasteiger partial charge in [-0.3, -0.25) is 0 Å². The molecule has 0 saturated carbocycles. The smallest absolute Gasteiger partial charge is 0.180 e. The molecule has 2 heterocycles. The second-order valence-corrected chi connectivity index (χ2v) is 3.75. The largest absolute Gasteiger partial charge is 0.373 e. The maximum absolute atomic E-state index is 4.47. The number of aryl methyl sites for hydroxylation is 2. The zero-order chi connectivity index (χ0) is 11.7. The molecule has 5 nitrogen and oxygen atoms in total. The Morgan fingerprint density at radius 3 is 2.56 bits per heavy atom. The minimum absolute atomic E-state index is 0.701. The van der Waals surface area contributed by atoms with Crippen LogP contribution in [0.15, 0.2) is 12.5 Å². The van der Waals surface area contributed by atoms with E-state index in [0.717, 1.165) is 22.8 Å². The van der Waals surface area contributed by atoms with Gasteiger partial charge in [-0.25, -0.2) is 15.0 Å². The van der Waals surface area contributed by atoms with Crippen LogP contribution in [0, 0.1) is 13.8 Å². The van der Waals surface area contributed by atoms with E-state index in [9.17, 15) is 0 Å². The van der Waals surface area contributed by atoms with Gasteiger partial charge in [-0.1, -0.05) is 0 Å². The third-order valence-electron chi connectivity index (χ3n) is 2.67. The molecule has 5 heteroatoms. The van der Waals surface area contributed by atoms with Gasteiger partial charge in [0.25, 0.3) is 0 Å². The average Bonchev–Trinajstić information content (AvgIpc) is 2.68. The van der Waals surface area contributed by atoms with Crippen LogP contribution in [0.25, 0.3) is 11.5 Å². The van der Waals surface area contributed by atoms with Crippen molar-refractivity contribution in [1.29, 1.82) is 0 Å². The maximum Gasteiger partial charge on any atom is 0.180 e. The maximum atomic E-state index is 4.47. The molecule has 2 rings (SSSR count). The molecule has 0 aliphatic heterocycles. The summed E-state index contributed by atoms with van der Waals surface area (Å²) < 4.78 is 1.91. The van der Waals surface area contributed by atoms with E-state index in [1.54, 1.807) is 12.5 Å². The van der Waals surface area contributed by atoms with Crippen molar-refractivity contribution in [3.05, 3.63) is 23.8 Å². The van der Waals surface area contributed by atoms with Crippen LogP contribution in [0.1, 0.15) is 11.3 Å². The molecule has 0 aliphatic carbocycles. The summed E-state index contributed by atoms with van der Waals surface area (Å²) >= 11 is 0. The highest BCUT2D eigenvalue weighted by molar-refractivity contribution is 5.55. The molecule has 16 heavy (non-hydrogen) atoms. The number of hydrogen-bond donors (Lipinski definition) is 1. The van der Waals surface area contributed by atoms with Gasteiger partial charge in [0.2, 0.25) is 0 Å². The first-order valence-electron chi connectivity index (χ1n) is 5.13. The van der Waals surface area contributed by atoms with Crippen molar-refractivity contribution >= 4 is 5.82 Å². The zero-order valence-corrected chi connectivity index (χ0v) is 9.94. The van der Waals surface area contributed by atoms with Crippen LogP contribution in [-0.4, -0.2) is 26.6 Å². The molecule has 2 aromatic heterocycles. The quantitative estimate of drug-likeness (QED) is 0.829. The highest BCUT2D eigenvalue weighted by Crippen LogP contribution is 2.20. The Labute approximate surface area is 94.6 Å². The van der Waals surface area contributed by atoms with E-state index in [0.29, 0.717) is 5.82 Å². The molecule has 0 fully saturated rings. The van der Waals surface area contributed by atoms with E-state index in [-0.39, 0.29) is 0 Å². The van der Waals surface area contributed by atoms with Crippen molar-refractivity contribution in [3.8, 4) is 11.5 Å². The van der Waals surface area contributed by atoms with Crippen LogP contribution in [0.2, 0.25) is 0 Å². The number of nitrogens with zero attached hydrogens (tertiary/aromatic N) is 4. The molecule has 0 radical (unpaired) electrons. The van der Waals surface area contributed by atoms with E-state index in [1.807, 2.05) is 32.5 Å². The third-order valence-corrected chi connectivity index (χ3v) is 2.67. The van der Waals surface area contributed by atoms with Crippen molar-refractivity contribution in [2.75, 3.05) is 12.4 Å². The number of aromatic nitrogens is 4. The molecule has 0 bridgehead atoms. The van der Waals surface area contributed by atoms with Crippen LogP contribution >= 0.6 is 0 Å². The van der Waals surface area contributed by atoms with Gasteiger partial charge in [0.05, 0.1) is 12.5 Å². The van der Waals surface area contributed by atoms with Crippen molar-refractivity contribution in [1.82, 2.24) is 19.5 Å². The Hall–Kier alpha value is -1.91. The van der Waals surface area contributed by atoms with Gasteiger partial charge in [0.15, 0.2) is 5.82 Å². The fraction of sp³-hybridized carbons (Fsp3) is 0.364. The van der Waals surface area contributed by atoms with E-state index in [2.05, 4.69) is 20.3 Å². The fourth-order valence-electron chi connectivity index (χ4n) is 1.56. The summed E-state index contributed by atoms with van der Waals surface area (Å²) in [6, 6.07) is 0. The molecule has 2 aromatic rings. The van der Waals surface area contributed by atoms with E-state index >= 15 is 0 Å². The highest BCUT2D eigenvalue weighted by atomic mass is 15.1. The van der Waals surface area contributed by atoms with Crippen LogP contribution in [0.4, 0.5) is 5.82 Å². The van der Waals surface area contributed by atoms with Gasteiger partial charge in [-0.15, -0.1) is 0 Å². The Kier molecular flexibility index (Phi) is 2.60. The second kappa shape index (κ2) is 3.92. The van der Waals surface area contributed by atoms with Crippen LogP contribution in [-0.2, 0) is 7.05 Å². The highest BCUT2D eigenvalue weighted by Gasteiger charge is 2.10. The van der Waals surface area contributed by atoms with E-state index in [1.165, 1.54) is 0 Å². The lowest BCUT2D eigenvalue weighted by Crippen LogP contribution is -2.04. The van der Waals surface area contributed by atoms with Gasteiger partial charge in [0, 0.05) is 25.4 Å². The monoisotopic (exact) mass is 217 g/mol. The minimum atomic E-state index is 0.701. The van der Waals surface area contributed by atoms with Crippen LogP contribution in [0.3, 0.4) is 0 Å². The Bertz CT molecular complexity index is 515. The summed E-state index contributed by atoms with van der Waals surface area (Å²) in [7, 11) is 3.79. The molecule has 0 aliphatic rings. The van der Waals surface area contributed by atoms with Crippen molar-refractivity contribution in [2.24, 2.45) is 7.05 Å². The van der Waals surface area contributed by atoms with Gasteiger partial charge in [-0.2, -0.15) is 0 Å². The molecule has 0 spiro atoms. The first-order chi connectivity index (χ1) is 7.63. The number of rotatable bonds is 2. The molecule has 0 amide bonds. The number of nitrogens with one attached hydrogen (secondary N) is 1. The number of imidazole rings is 1. The van der Waals surface area contributed by atoms with E-state index in [4.69, 9.17) is 0 Å². The van der Waals surface area contributed by atoms with Crippen molar-refractivity contribution < 1.29 is 0 Å². The summed E-state index contributed by atoms with van der Waals surface area (Å²) in [6.07, 6.45) is 3.51. The summed E-state index contributed by atoms with van der Waals surface area (Å²) in [5, 5.41) is 3.08. The first-order valence-corrected chi connectivity index (χ1v) is 5.13. The molecule has 84 valence electrons. The molecule has 0 atom stereocenters. The van der Waals surface area contributed by atoms with Crippen LogP contribution < -0.4 is 5.32 Å². The molecular formula is C11H15N5. The number of hydrogen-bond acceptors (Lipinski definition) is 4. The Morgan fingerprint density at radius 1 is 1.25 bits per heavy atom. The summed E-state index contributed by atoms with van der Waals surface area (Å²) in [4.78, 5) is 13.0. The fourth-order valence-corrected chi connectivity index (χ4v) is 1.56. The Morgan fingerprint density at radius 2 is 2.00 bits per heavy atom. The van der Waals surface area contributed by atoms with Gasteiger partial charge >= 0.3 is 0 Å². The van der Waals surface area contributed by atoms with Crippen molar-refractivity contribution in [2.45, 2.75) is 13.8 Å². The number of anilines is 1. The van der Waals surface area contributed by atoms with Gasteiger partial charge < -0.3 is 9.88 Å². The minimum Gasteiger partial charge on any atom is -0.373 e. The lowest BCUT2D eigenvalue weighted by molar-refractivity contribution is 0.904. The zero-order valence-electron chi connectivity index (χ0n) is 9.94. The van der Waals surface area contributed by atoms with Gasteiger partial charge in [0.1, 0.15) is 11.5 Å². The average molecular weight is 217 g/mol. The molecule has 0 unspecified atom stereocenters. The Balaban J connectivity index is 2.59. The van der Waals surface area contributed by atoms with Crippen molar-refractivity contribution in [3.63, 3.8) is 0 Å². The second-order valence-electron chi connectivity index (χ2n) is 3.75. The standard InChI is InChI=1S/C11H15N5/c1-7-8(2)14-11(15-10(7)12-3)9-5-13-6-16(9)4/h5-6H,1-4H3,(H,12,14,15). The summed E-state index contributed by atoms with van der Waals surface area (Å²) in [5.74, 6) is 1.57. The lowest BCUT2D eigenvalue weighted by atomic mass is 10.2. The third kappa shape index (κ3) is 1.64. The predicted octanol–water partition coefficient (Wildman–Crippen LogP) is 1.54. The first kappa shape index (κ1) is 10.6. The molecule has 0 saturated heterocycles. The molecular weight excluding hydrogens is 202 g/mol. The normalized spacial score (nSPS) is 10.5. The summed E-state index contributed by atoms with van der Waals surface area (Å²) in [6.45, 7) is 3.99. The van der Waals surface area contributed by atoms with Crippen LogP contribution in [0.5, 0.6) is 0 Å². The SMILES string of the molecule is CNc1nc(-c2cncn2C)nc(C)c1C. The van der Waals surface area contributed by atoms with Gasteiger partial charge in [-0.05, 0) is 13.8 Å². The van der Waals surface area contributed by atoms with E-state index < -0.39 is 0 Å². The molecule has 0 aromatic carbocycles. The molecule has 1 N–H and O–H groups in total. The topological polar surface area (TPSA) is 55.6 Å². The summed E-state index contributed by atoms with van der Waals surface area (Å²) in [5.41, 5.74) is 2.98. The predicted molar refractivity (Wildman–Crippen MR) is 63.3 cm³/mol. The lowest BCUT2D eigenvalue weighted by Gasteiger charge is -2.09.